The lowest BCUT2D eigenvalue weighted by molar-refractivity contribution is -0.103. The minimum Gasteiger partial charge on any atom is -0.376 e. The van der Waals surface area contributed by atoms with Crippen LogP contribution in [-0.4, -0.2) is 24.9 Å². The van der Waals surface area contributed by atoms with Crippen molar-refractivity contribution in [2.24, 2.45) is 5.73 Å². The van der Waals surface area contributed by atoms with Crippen LogP contribution in [-0.2, 0) is 9.47 Å². The van der Waals surface area contributed by atoms with E-state index in [1.807, 2.05) is 0 Å². The first-order valence-corrected chi connectivity index (χ1v) is 6.82. The summed E-state index contributed by atoms with van der Waals surface area (Å²) in [6, 6.07) is 6.05. The van der Waals surface area contributed by atoms with Crippen molar-refractivity contribution in [2.45, 2.75) is 51.0 Å². The highest BCUT2D eigenvalue weighted by molar-refractivity contribution is 5.19. The molecule has 0 radical (unpaired) electrons. The molecule has 2 N–H and O–H groups in total. The molecule has 1 heterocycles. The molecule has 1 saturated heterocycles. The lowest BCUT2D eigenvalue weighted by Gasteiger charge is -2.32. The largest absolute Gasteiger partial charge is 0.376 e. The molecule has 1 aliphatic heterocycles. The third kappa shape index (κ3) is 4.27. The highest BCUT2D eigenvalue weighted by atomic mass is 19.1. The Morgan fingerprint density at radius 3 is 2.42 bits per heavy atom. The predicted molar refractivity (Wildman–Crippen MR) is 72.3 cm³/mol. The molecule has 1 aliphatic rings. The highest BCUT2D eigenvalue weighted by Gasteiger charge is 2.25. The quantitative estimate of drug-likeness (QED) is 0.912. The molecule has 1 fully saturated rings. The molecule has 0 saturated carbocycles. The first-order valence-electron chi connectivity index (χ1n) is 6.82. The van der Waals surface area contributed by atoms with Crippen LogP contribution < -0.4 is 5.73 Å². The minimum atomic E-state index is -0.246. The Labute approximate surface area is 113 Å². The van der Waals surface area contributed by atoms with Crippen LogP contribution in [0.4, 0.5) is 4.39 Å². The normalized spacial score (nSPS) is 29.2. The topological polar surface area (TPSA) is 44.5 Å². The first-order chi connectivity index (χ1) is 9.04. The van der Waals surface area contributed by atoms with E-state index in [-0.39, 0.29) is 30.2 Å². The van der Waals surface area contributed by atoms with E-state index in [9.17, 15) is 4.39 Å². The zero-order chi connectivity index (χ0) is 13.8. The van der Waals surface area contributed by atoms with E-state index in [0.717, 1.165) is 18.4 Å². The Morgan fingerprint density at radius 1 is 1.26 bits per heavy atom. The SMILES string of the molecule is CC1CC(OCC(N)c2ccc(F)cc2)CC(C)O1. The summed E-state index contributed by atoms with van der Waals surface area (Å²) in [7, 11) is 0. The van der Waals surface area contributed by atoms with Crippen molar-refractivity contribution in [3.05, 3.63) is 35.6 Å². The number of halogens is 1. The number of nitrogens with two attached hydrogens (primary N) is 1. The van der Waals surface area contributed by atoms with E-state index >= 15 is 0 Å². The standard InChI is InChI=1S/C15H22FNO2/c1-10-7-14(8-11(2)19-10)18-9-15(17)12-3-5-13(16)6-4-12/h3-6,10-11,14-15H,7-9,17H2,1-2H3. The van der Waals surface area contributed by atoms with Crippen molar-refractivity contribution < 1.29 is 13.9 Å². The van der Waals surface area contributed by atoms with Crippen molar-refractivity contribution in [2.75, 3.05) is 6.61 Å². The highest BCUT2D eigenvalue weighted by Crippen LogP contribution is 2.22. The number of hydrogen-bond acceptors (Lipinski definition) is 3. The third-order valence-electron chi connectivity index (χ3n) is 3.46. The number of hydrogen-bond donors (Lipinski definition) is 1. The van der Waals surface area contributed by atoms with Gasteiger partial charge in [-0.15, -0.1) is 0 Å². The van der Waals surface area contributed by atoms with Gasteiger partial charge in [0, 0.05) is 0 Å². The van der Waals surface area contributed by atoms with E-state index in [1.165, 1.54) is 12.1 Å². The molecule has 0 aliphatic carbocycles. The fourth-order valence-electron chi connectivity index (χ4n) is 2.53. The lowest BCUT2D eigenvalue weighted by Crippen LogP contribution is -2.35. The third-order valence-corrected chi connectivity index (χ3v) is 3.46. The summed E-state index contributed by atoms with van der Waals surface area (Å²) < 4.78 is 24.4. The zero-order valence-corrected chi connectivity index (χ0v) is 11.5. The van der Waals surface area contributed by atoms with Gasteiger partial charge in [-0.25, -0.2) is 4.39 Å². The van der Waals surface area contributed by atoms with Gasteiger partial charge in [0.15, 0.2) is 0 Å². The molecular weight excluding hydrogens is 245 g/mol. The van der Waals surface area contributed by atoms with Crippen LogP contribution >= 0.6 is 0 Å². The summed E-state index contributed by atoms with van der Waals surface area (Å²) in [5, 5.41) is 0. The molecule has 2 rings (SSSR count). The second-order valence-electron chi connectivity index (χ2n) is 5.34. The number of benzene rings is 1. The van der Waals surface area contributed by atoms with Crippen molar-refractivity contribution >= 4 is 0 Å². The van der Waals surface area contributed by atoms with Gasteiger partial charge >= 0.3 is 0 Å². The van der Waals surface area contributed by atoms with Crippen molar-refractivity contribution in [1.82, 2.24) is 0 Å². The smallest absolute Gasteiger partial charge is 0.123 e. The number of rotatable bonds is 4. The predicted octanol–water partition coefficient (Wildman–Crippen LogP) is 2.80. The van der Waals surface area contributed by atoms with Crippen LogP contribution in [0.15, 0.2) is 24.3 Å². The van der Waals surface area contributed by atoms with Gasteiger partial charge in [0.25, 0.3) is 0 Å². The van der Waals surface area contributed by atoms with Crippen LogP contribution in [0, 0.1) is 5.82 Å². The molecule has 3 atom stereocenters. The summed E-state index contributed by atoms with van der Waals surface area (Å²) in [6.45, 7) is 4.58. The number of ether oxygens (including phenoxy) is 2. The maximum Gasteiger partial charge on any atom is 0.123 e. The van der Waals surface area contributed by atoms with Gasteiger partial charge in [0.05, 0.1) is 31.0 Å². The summed E-state index contributed by atoms with van der Waals surface area (Å²) in [5.41, 5.74) is 6.95. The molecule has 4 heteroatoms. The van der Waals surface area contributed by atoms with Crippen LogP contribution in [0.25, 0.3) is 0 Å². The van der Waals surface area contributed by atoms with Gasteiger partial charge < -0.3 is 15.2 Å². The molecule has 3 nitrogen and oxygen atoms in total. The van der Waals surface area contributed by atoms with Gasteiger partial charge in [-0.1, -0.05) is 12.1 Å². The van der Waals surface area contributed by atoms with Gasteiger partial charge in [-0.3, -0.25) is 0 Å². The molecule has 106 valence electrons. The fraction of sp³-hybridized carbons (Fsp3) is 0.600. The van der Waals surface area contributed by atoms with E-state index in [0.29, 0.717) is 6.61 Å². The lowest BCUT2D eigenvalue weighted by atomic mass is 10.0. The monoisotopic (exact) mass is 267 g/mol. The van der Waals surface area contributed by atoms with Crippen LogP contribution in [0.5, 0.6) is 0 Å². The Kier molecular flexibility index (Phi) is 4.91. The van der Waals surface area contributed by atoms with E-state index in [4.69, 9.17) is 15.2 Å². The van der Waals surface area contributed by atoms with Gasteiger partial charge in [-0.05, 0) is 44.4 Å². The Balaban J connectivity index is 1.83. The average molecular weight is 267 g/mol. The van der Waals surface area contributed by atoms with E-state index in [2.05, 4.69) is 13.8 Å². The van der Waals surface area contributed by atoms with Crippen LogP contribution in [0.3, 0.4) is 0 Å². The van der Waals surface area contributed by atoms with E-state index in [1.54, 1.807) is 12.1 Å². The maximum atomic E-state index is 12.8. The van der Waals surface area contributed by atoms with Gasteiger partial charge in [0.2, 0.25) is 0 Å². The maximum absolute atomic E-state index is 12.8. The molecule has 3 unspecified atom stereocenters. The molecule has 0 spiro atoms. The summed E-state index contributed by atoms with van der Waals surface area (Å²) in [6.07, 6.45) is 2.47. The summed E-state index contributed by atoms with van der Waals surface area (Å²) in [4.78, 5) is 0. The molecule has 0 bridgehead atoms. The molecule has 0 amide bonds. The summed E-state index contributed by atoms with van der Waals surface area (Å²) >= 11 is 0. The molecule has 19 heavy (non-hydrogen) atoms. The first kappa shape index (κ1) is 14.4. The van der Waals surface area contributed by atoms with Crippen molar-refractivity contribution in [1.29, 1.82) is 0 Å². The summed E-state index contributed by atoms with van der Waals surface area (Å²) in [5.74, 6) is -0.246. The van der Waals surface area contributed by atoms with Gasteiger partial charge in [-0.2, -0.15) is 0 Å². The second-order valence-corrected chi connectivity index (χ2v) is 5.34. The van der Waals surface area contributed by atoms with Crippen molar-refractivity contribution in [3.63, 3.8) is 0 Å². The Morgan fingerprint density at radius 2 is 1.84 bits per heavy atom. The van der Waals surface area contributed by atoms with Crippen LogP contribution in [0.2, 0.25) is 0 Å². The van der Waals surface area contributed by atoms with Gasteiger partial charge in [0.1, 0.15) is 5.82 Å². The zero-order valence-electron chi connectivity index (χ0n) is 11.5. The van der Waals surface area contributed by atoms with Crippen molar-refractivity contribution in [3.8, 4) is 0 Å². The fourth-order valence-corrected chi connectivity index (χ4v) is 2.53. The molecule has 0 aromatic heterocycles. The molecule has 1 aromatic rings. The second kappa shape index (κ2) is 6.46. The molecule has 1 aromatic carbocycles. The minimum absolute atomic E-state index is 0.199. The van der Waals surface area contributed by atoms with E-state index < -0.39 is 0 Å². The Bertz CT molecular complexity index is 386. The van der Waals surface area contributed by atoms with Crippen LogP contribution in [0.1, 0.15) is 38.3 Å². The Hall–Kier alpha value is -0.970. The molecular formula is C15H22FNO2. The average Bonchev–Trinajstić information content (AvgIpc) is 2.36.